The van der Waals surface area contributed by atoms with Crippen LogP contribution >= 0.6 is 15.6 Å². The van der Waals surface area contributed by atoms with E-state index in [0.717, 1.165) is 167 Å². The molecular formula is C83H158N4NaO19P2-. The summed E-state index contributed by atoms with van der Waals surface area (Å²) in [6, 6.07) is -2.86. The van der Waals surface area contributed by atoms with Crippen molar-refractivity contribution < 1.29 is 119 Å². The van der Waals surface area contributed by atoms with E-state index in [0.29, 0.717) is 51.4 Å². The standard InChI is InChI=1S/C83H160N4O19P2.Na/c1-7-13-19-25-29-33-37-43-47-53-75(88)67-79(90)86-73(69-99-63-59-77(55-49-41-23-17-11-5)105-81(92)57-51-45-39-35-31-27-21-15-9-3)71-103-107(95,96)101-65-61-84-83(94)85-62-66-102-108(97,98)104-72-74(87-80(91)68-76(89)54-48-44-38-34-30-26-20-14-8-2)70-100-64-60-78(56-50-42-24-18-12-6)106-82(93)58-52-46-40-36-32-28-22-16-10-4;/h73-74,77-78H,7-72H2,1-6H3,(H,86,90)(H,87,91)(H,95,96)(H,97,98)(H2,84,85,94);/q;+1/p-2. The molecule has 0 aromatic heterocycles. The van der Waals surface area contributed by atoms with Crippen molar-refractivity contribution in [3.63, 3.8) is 0 Å². The SMILES string of the molecule is CCCCCCCCCCCC(=O)CC(=O)NC(COCCC(CCCCCCC)OC(=O)CCCCCCCCCCC)COP(=O)([O-])OCCNC(=O)NCCOP(=O)([O-])OCC(COCCC(CCCCCCC)OC(=O)CCCCCCCCCCC)NC(=O)CC(=O)CCCCCCCCCCC.[Na+]. The largest absolute Gasteiger partial charge is 1.00 e. The van der Waals surface area contributed by atoms with Gasteiger partial charge in [-0.2, -0.15) is 0 Å². The Hall–Kier alpha value is -2.37. The average molecular weight is 1600 g/mol. The van der Waals surface area contributed by atoms with Crippen LogP contribution in [0.4, 0.5) is 4.79 Å². The van der Waals surface area contributed by atoms with Gasteiger partial charge in [0, 0.05) is 51.6 Å². The Morgan fingerprint density at radius 3 is 0.853 bits per heavy atom. The second-order valence-corrected chi connectivity index (χ2v) is 32.8. The van der Waals surface area contributed by atoms with E-state index in [9.17, 15) is 52.5 Å². The zero-order valence-corrected chi connectivity index (χ0v) is 73.9. The number of Topliss-reactive ketones (excluding diaryl/α,β-unsaturated/α-hetero) is 2. The monoisotopic (exact) mass is 1600 g/mol. The predicted octanol–water partition coefficient (Wildman–Crippen LogP) is 16.2. The van der Waals surface area contributed by atoms with Crippen LogP contribution < -0.4 is 60.6 Å². The topological polar surface area (TPSA) is 322 Å². The first-order valence-electron chi connectivity index (χ1n) is 43.7. The summed E-state index contributed by atoms with van der Waals surface area (Å²) in [6.45, 7) is 10.0. The number of phosphoric ester groups is 2. The average Bonchev–Trinajstić information content (AvgIpc) is 0.914. The normalized spacial score (nSPS) is 13.7. The number of nitrogens with one attached hydrogen (secondary N) is 4. The Morgan fingerprint density at radius 1 is 0.312 bits per heavy atom. The van der Waals surface area contributed by atoms with Crippen LogP contribution in [0.3, 0.4) is 0 Å². The number of esters is 2. The summed E-state index contributed by atoms with van der Waals surface area (Å²) < 4.78 is 70.5. The summed E-state index contributed by atoms with van der Waals surface area (Å²) in [5.74, 6) is -2.19. The third-order valence-electron chi connectivity index (χ3n) is 19.3. The van der Waals surface area contributed by atoms with Crippen LogP contribution in [0.5, 0.6) is 0 Å². The Balaban J connectivity index is 0. The van der Waals surface area contributed by atoms with Gasteiger partial charge in [0.25, 0.3) is 15.6 Å². The Kier molecular flexibility index (Phi) is 79.2. The summed E-state index contributed by atoms with van der Waals surface area (Å²) in [4.78, 5) is 117. The van der Waals surface area contributed by atoms with Crippen LogP contribution in [-0.2, 0) is 74.9 Å². The maximum absolute atomic E-state index is 13.3. The van der Waals surface area contributed by atoms with Gasteiger partial charge in [0.2, 0.25) is 11.8 Å². The molecule has 0 aromatic rings. The Bertz CT molecular complexity index is 2130. The van der Waals surface area contributed by atoms with E-state index < -0.39 is 84.8 Å². The van der Waals surface area contributed by atoms with Crippen LogP contribution in [0.25, 0.3) is 0 Å². The number of rotatable bonds is 84. The first-order valence-corrected chi connectivity index (χ1v) is 46.6. The number of amides is 4. The van der Waals surface area contributed by atoms with E-state index in [-0.39, 0.29) is 118 Å². The number of ether oxygens (including phenoxy) is 4. The van der Waals surface area contributed by atoms with E-state index in [1.807, 2.05) is 0 Å². The van der Waals surface area contributed by atoms with Crippen molar-refractivity contribution in [3.8, 4) is 0 Å². The maximum Gasteiger partial charge on any atom is 1.00 e. The smallest absolute Gasteiger partial charge is 0.756 e. The van der Waals surface area contributed by atoms with Gasteiger partial charge in [-0.05, 0) is 51.4 Å². The summed E-state index contributed by atoms with van der Waals surface area (Å²) in [6.07, 6.45) is 51.9. The number of carbonyl (C=O) groups excluding carboxylic acids is 7. The molecule has 0 fully saturated rings. The van der Waals surface area contributed by atoms with Crippen molar-refractivity contribution >= 4 is 57.0 Å². The molecule has 0 bridgehead atoms. The van der Waals surface area contributed by atoms with Gasteiger partial charge >= 0.3 is 47.5 Å². The number of phosphoric acid groups is 2. The minimum atomic E-state index is -5.06. The Labute approximate surface area is 684 Å². The fraction of sp³-hybridized carbons (Fsp3) is 0.916. The number of ketones is 2. The van der Waals surface area contributed by atoms with Gasteiger partial charge < -0.3 is 68.1 Å². The van der Waals surface area contributed by atoms with Gasteiger partial charge in [-0.15, -0.1) is 0 Å². The first-order chi connectivity index (χ1) is 52.3. The fourth-order valence-corrected chi connectivity index (χ4v) is 14.3. The minimum Gasteiger partial charge on any atom is -0.756 e. The minimum absolute atomic E-state index is 0. The van der Waals surface area contributed by atoms with E-state index >= 15 is 0 Å². The zero-order chi connectivity index (χ0) is 79.5. The molecule has 6 unspecified atom stereocenters. The molecule has 6 atom stereocenters. The number of hydrogen-bond donors (Lipinski definition) is 4. The Morgan fingerprint density at radius 2 is 0.569 bits per heavy atom. The second kappa shape index (κ2) is 79.5. The molecule has 0 aliphatic heterocycles. The quantitative estimate of drug-likeness (QED) is 0.0144. The number of hydrogen-bond acceptors (Lipinski definition) is 19. The van der Waals surface area contributed by atoms with Crippen molar-refractivity contribution in [2.45, 2.75) is 425 Å². The summed E-state index contributed by atoms with van der Waals surface area (Å²) in [5.41, 5.74) is 0. The van der Waals surface area contributed by atoms with Crippen LogP contribution in [0.1, 0.15) is 401 Å². The van der Waals surface area contributed by atoms with E-state index in [1.165, 1.54) is 116 Å². The van der Waals surface area contributed by atoms with Gasteiger partial charge in [0.1, 0.15) is 23.8 Å². The second-order valence-electron chi connectivity index (χ2n) is 30.0. The van der Waals surface area contributed by atoms with Gasteiger partial charge in [-0.1, -0.05) is 298 Å². The molecular weight excluding hydrogens is 1440 g/mol. The van der Waals surface area contributed by atoms with Gasteiger partial charge in [-0.3, -0.25) is 37.9 Å². The molecule has 109 heavy (non-hydrogen) atoms. The zero-order valence-electron chi connectivity index (χ0n) is 70.1. The van der Waals surface area contributed by atoms with E-state index in [4.69, 9.17) is 37.0 Å². The number of urea groups is 1. The van der Waals surface area contributed by atoms with Crippen molar-refractivity contribution in [1.29, 1.82) is 0 Å². The van der Waals surface area contributed by atoms with Crippen molar-refractivity contribution in [1.82, 2.24) is 21.3 Å². The van der Waals surface area contributed by atoms with Gasteiger partial charge in [0.05, 0.1) is 77.8 Å². The van der Waals surface area contributed by atoms with E-state index in [1.54, 1.807) is 0 Å². The molecule has 4 amide bonds. The molecule has 0 heterocycles. The number of carbonyl (C=O) groups is 7. The molecule has 0 rings (SSSR count). The summed E-state index contributed by atoms with van der Waals surface area (Å²) >= 11 is 0. The van der Waals surface area contributed by atoms with Crippen LogP contribution in [0.15, 0.2) is 0 Å². The molecule has 0 aliphatic rings. The van der Waals surface area contributed by atoms with Crippen LogP contribution in [0, 0.1) is 0 Å². The third kappa shape index (κ3) is 76.7. The number of unbranched alkanes of at least 4 members (excludes halogenated alkanes) is 40. The summed E-state index contributed by atoms with van der Waals surface area (Å²) in [5, 5.41) is 10.2. The molecule has 26 heteroatoms. The molecule has 23 nitrogen and oxygen atoms in total. The molecule has 0 aromatic carbocycles. The fourth-order valence-electron chi connectivity index (χ4n) is 12.8. The molecule has 0 saturated heterocycles. The van der Waals surface area contributed by atoms with Gasteiger partial charge in [-0.25, -0.2) is 4.79 Å². The van der Waals surface area contributed by atoms with Crippen LogP contribution in [-0.4, -0.2) is 132 Å². The summed E-state index contributed by atoms with van der Waals surface area (Å²) in [7, 11) is -10.1. The maximum atomic E-state index is 13.3. The third-order valence-corrected chi connectivity index (χ3v) is 21.3. The van der Waals surface area contributed by atoms with Crippen LogP contribution in [0.2, 0.25) is 0 Å². The van der Waals surface area contributed by atoms with Crippen molar-refractivity contribution in [3.05, 3.63) is 0 Å². The molecule has 636 valence electrons. The predicted molar refractivity (Wildman–Crippen MR) is 428 cm³/mol. The van der Waals surface area contributed by atoms with Gasteiger partial charge in [0.15, 0.2) is 0 Å². The molecule has 0 saturated carbocycles. The van der Waals surface area contributed by atoms with Crippen molar-refractivity contribution in [2.24, 2.45) is 0 Å². The molecule has 0 radical (unpaired) electrons. The molecule has 4 N–H and O–H groups in total. The van der Waals surface area contributed by atoms with E-state index in [2.05, 4.69) is 62.8 Å². The molecule has 0 aliphatic carbocycles. The first kappa shape index (κ1) is 109. The molecule has 0 spiro atoms. The van der Waals surface area contributed by atoms with Crippen molar-refractivity contribution in [2.75, 3.05) is 65.9 Å².